The SMILES string of the molecule is CC1=C(C(=O)OCc2ccccc2)C(c2ccc3c(c2)OCO3)NC(=O)N1CCCC(=O)O. The van der Waals surface area contributed by atoms with Crippen molar-refractivity contribution in [2.75, 3.05) is 13.3 Å². The molecule has 9 nitrogen and oxygen atoms in total. The summed E-state index contributed by atoms with van der Waals surface area (Å²) in [4.78, 5) is 38.4. The predicted molar refractivity (Wildman–Crippen MR) is 116 cm³/mol. The number of allylic oxidation sites excluding steroid dienone is 1. The first-order valence-electron chi connectivity index (χ1n) is 10.5. The molecule has 0 fully saturated rings. The number of rotatable bonds is 8. The van der Waals surface area contributed by atoms with Gasteiger partial charge in [0.25, 0.3) is 0 Å². The average molecular weight is 452 g/mol. The van der Waals surface area contributed by atoms with Crippen LogP contribution in [0.25, 0.3) is 0 Å². The van der Waals surface area contributed by atoms with Crippen molar-refractivity contribution in [3.63, 3.8) is 0 Å². The largest absolute Gasteiger partial charge is 0.481 e. The molecule has 2 amide bonds. The highest BCUT2D eigenvalue weighted by atomic mass is 16.7. The lowest BCUT2D eigenvalue weighted by Crippen LogP contribution is -2.48. The molecule has 2 aliphatic heterocycles. The van der Waals surface area contributed by atoms with Gasteiger partial charge in [0.05, 0.1) is 11.6 Å². The third kappa shape index (κ3) is 4.92. The van der Waals surface area contributed by atoms with E-state index in [1.165, 1.54) is 4.90 Å². The van der Waals surface area contributed by atoms with Crippen molar-refractivity contribution in [2.24, 2.45) is 0 Å². The highest BCUT2D eigenvalue weighted by Gasteiger charge is 2.37. The van der Waals surface area contributed by atoms with E-state index in [0.29, 0.717) is 22.8 Å². The molecule has 2 N–H and O–H groups in total. The Kier molecular flexibility index (Phi) is 6.48. The van der Waals surface area contributed by atoms with Gasteiger partial charge in [-0.1, -0.05) is 36.4 Å². The van der Waals surface area contributed by atoms with Crippen LogP contribution in [0.4, 0.5) is 4.79 Å². The second-order valence-electron chi connectivity index (χ2n) is 7.70. The Hall–Kier alpha value is -4.01. The Morgan fingerprint density at radius 1 is 1.15 bits per heavy atom. The van der Waals surface area contributed by atoms with E-state index >= 15 is 0 Å². The van der Waals surface area contributed by atoms with Gasteiger partial charge in [0.1, 0.15) is 6.61 Å². The van der Waals surface area contributed by atoms with Crippen molar-refractivity contribution < 1.29 is 33.7 Å². The lowest BCUT2D eigenvalue weighted by atomic mass is 9.94. The van der Waals surface area contributed by atoms with Crippen LogP contribution in [0.1, 0.15) is 36.9 Å². The van der Waals surface area contributed by atoms with E-state index < -0.39 is 24.0 Å². The van der Waals surface area contributed by atoms with Crippen LogP contribution in [0.5, 0.6) is 11.5 Å². The lowest BCUT2D eigenvalue weighted by Gasteiger charge is -2.35. The molecular weight excluding hydrogens is 428 g/mol. The van der Waals surface area contributed by atoms with Crippen LogP contribution in [0.15, 0.2) is 59.8 Å². The Morgan fingerprint density at radius 2 is 1.91 bits per heavy atom. The van der Waals surface area contributed by atoms with Gasteiger partial charge in [-0.2, -0.15) is 0 Å². The minimum atomic E-state index is -0.949. The number of ether oxygens (including phenoxy) is 3. The second kappa shape index (κ2) is 9.64. The first-order chi connectivity index (χ1) is 15.9. The van der Waals surface area contributed by atoms with E-state index in [4.69, 9.17) is 19.3 Å². The summed E-state index contributed by atoms with van der Waals surface area (Å²) < 4.78 is 16.4. The Bertz CT molecular complexity index is 1100. The van der Waals surface area contributed by atoms with Crippen molar-refractivity contribution in [1.29, 1.82) is 0 Å². The number of aliphatic carboxylic acids is 1. The van der Waals surface area contributed by atoms with E-state index in [1.54, 1.807) is 25.1 Å². The van der Waals surface area contributed by atoms with E-state index in [9.17, 15) is 14.4 Å². The van der Waals surface area contributed by atoms with E-state index in [0.717, 1.165) is 5.56 Å². The maximum absolute atomic E-state index is 13.2. The molecule has 1 atom stereocenters. The molecule has 2 aliphatic rings. The van der Waals surface area contributed by atoms with Crippen molar-refractivity contribution in [3.8, 4) is 11.5 Å². The normalized spacial score (nSPS) is 17.1. The molecule has 172 valence electrons. The van der Waals surface area contributed by atoms with E-state index in [2.05, 4.69) is 5.32 Å². The molecule has 0 saturated carbocycles. The number of carboxylic acid groups (broad SMARTS) is 1. The molecule has 0 saturated heterocycles. The van der Waals surface area contributed by atoms with Crippen LogP contribution in [0, 0.1) is 0 Å². The number of nitrogens with one attached hydrogen (secondary N) is 1. The standard InChI is InChI=1S/C24H24N2O7/c1-15-21(23(29)31-13-16-6-3-2-4-7-16)22(17-9-10-18-19(12-17)33-14-32-18)25-24(30)26(15)11-5-8-20(27)28/h2-4,6-7,9-10,12,22H,5,8,11,13-14H2,1H3,(H,25,30)(H,27,28). The Labute approximate surface area is 190 Å². The molecule has 9 heteroatoms. The summed E-state index contributed by atoms with van der Waals surface area (Å²) >= 11 is 0. The van der Waals surface area contributed by atoms with Crippen LogP contribution in [0.2, 0.25) is 0 Å². The summed E-state index contributed by atoms with van der Waals surface area (Å²) in [5, 5.41) is 11.8. The fraction of sp³-hybridized carbons (Fsp3) is 0.292. The maximum atomic E-state index is 13.2. The molecule has 2 aromatic rings. The molecule has 0 aliphatic carbocycles. The molecule has 0 spiro atoms. The molecule has 0 aromatic heterocycles. The van der Waals surface area contributed by atoms with Gasteiger partial charge in [0.15, 0.2) is 11.5 Å². The van der Waals surface area contributed by atoms with Crippen molar-refractivity contribution in [2.45, 2.75) is 32.4 Å². The van der Waals surface area contributed by atoms with Gasteiger partial charge in [-0.15, -0.1) is 0 Å². The topological polar surface area (TPSA) is 114 Å². The highest BCUT2D eigenvalue weighted by molar-refractivity contribution is 5.95. The first kappa shape index (κ1) is 22.2. The van der Waals surface area contributed by atoms with Crippen molar-refractivity contribution >= 4 is 18.0 Å². The fourth-order valence-electron chi connectivity index (χ4n) is 3.85. The van der Waals surface area contributed by atoms with Crippen LogP contribution in [0.3, 0.4) is 0 Å². The number of hydrogen-bond acceptors (Lipinski definition) is 6. The zero-order chi connectivity index (χ0) is 23.4. The molecular formula is C24H24N2O7. The first-order valence-corrected chi connectivity index (χ1v) is 10.5. The molecule has 1 unspecified atom stereocenters. The molecule has 4 rings (SSSR count). The van der Waals surface area contributed by atoms with Crippen molar-refractivity contribution in [3.05, 3.63) is 70.9 Å². The van der Waals surface area contributed by atoms with E-state index in [1.807, 2.05) is 30.3 Å². The van der Waals surface area contributed by atoms with E-state index in [-0.39, 0.29) is 38.4 Å². The van der Waals surface area contributed by atoms with Gasteiger partial charge < -0.3 is 24.6 Å². The molecule has 33 heavy (non-hydrogen) atoms. The van der Waals surface area contributed by atoms with Crippen LogP contribution < -0.4 is 14.8 Å². The number of carbonyl (C=O) groups excluding carboxylic acids is 2. The number of amides is 2. The summed E-state index contributed by atoms with van der Waals surface area (Å²) in [6, 6.07) is 13.3. The third-order valence-electron chi connectivity index (χ3n) is 5.53. The van der Waals surface area contributed by atoms with Crippen LogP contribution in [-0.4, -0.2) is 41.3 Å². The third-order valence-corrected chi connectivity index (χ3v) is 5.53. The van der Waals surface area contributed by atoms with Gasteiger partial charge in [-0.3, -0.25) is 9.69 Å². The number of benzene rings is 2. The summed E-state index contributed by atoms with van der Waals surface area (Å²) in [5.74, 6) is -0.401. The molecule has 0 radical (unpaired) electrons. The van der Waals surface area contributed by atoms with Gasteiger partial charge in [-0.25, -0.2) is 9.59 Å². The summed E-state index contributed by atoms with van der Waals surface area (Å²) in [6.07, 6.45) is 0.164. The molecule has 2 heterocycles. The average Bonchev–Trinajstić information content (AvgIpc) is 3.27. The summed E-state index contributed by atoms with van der Waals surface area (Å²) in [6.45, 7) is 2.01. The summed E-state index contributed by atoms with van der Waals surface area (Å²) in [5.41, 5.74) is 2.18. The van der Waals surface area contributed by atoms with Gasteiger partial charge >= 0.3 is 18.0 Å². The monoisotopic (exact) mass is 452 g/mol. The zero-order valence-corrected chi connectivity index (χ0v) is 18.1. The lowest BCUT2D eigenvalue weighted by molar-refractivity contribution is -0.141. The van der Waals surface area contributed by atoms with Crippen molar-refractivity contribution in [1.82, 2.24) is 10.2 Å². The number of hydrogen-bond donors (Lipinski definition) is 2. The number of fused-ring (bicyclic) bond motifs is 1. The quantitative estimate of drug-likeness (QED) is 0.590. The number of esters is 1. The zero-order valence-electron chi connectivity index (χ0n) is 18.1. The smallest absolute Gasteiger partial charge is 0.338 e. The number of nitrogens with zero attached hydrogens (tertiary/aromatic N) is 1. The van der Waals surface area contributed by atoms with Crippen LogP contribution in [-0.2, 0) is 20.9 Å². The van der Waals surface area contributed by atoms with Crippen LogP contribution >= 0.6 is 0 Å². The minimum absolute atomic E-state index is 0.0806. The second-order valence-corrected chi connectivity index (χ2v) is 7.70. The van der Waals surface area contributed by atoms with Gasteiger partial charge in [-0.05, 0) is 36.6 Å². The Balaban J connectivity index is 1.64. The highest BCUT2D eigenvalue weighted by Crippen LogP contribution is 2.38. The number of carboxylic acids is 1. The van der Waals surface area contributed by atoms with Gasteiger partial charge in [0.2, 0.25) is 6.79 Å². The maximum Gasteiger partial charge on any atom is 0.338 e. The fourth-order valence-corrected chi connectivity index (χ4v) is 3.85. The number of urea groups is 1. The van der Waals surface area contributed by atoms with Gasteiger partial charge in [0, 0.05) is 18.7 Å². The Morgan fingerprint density at radius 3 is 2.67 bits per heavy atom. The summed E-state index contributed by atoms with van der Waals surface area (Å²) in [7, 11) is 0. The number of carbonyl (C=O) groups is 3. The molecule has 2 aromatic carbocycles. The molecule has 0 bridgehead atoms. The minimum Gasteiger partial charge on any atom is -0.481 e. The predicted octanol–water partition coefficient (Wildman–Crippen LogP) is 3.36.